The number of rotatable bonds is 3. The predicted molar refractivity (Wildman–Crippen MR) is 89.4 cm³/mol. The van der Waals surface area contributed by atoms with Gasteiger partial charge in [0.2, 0.25) is 5.91 Å². The molecular weight excluding hydrogens is 290 g/mol. The molecule has 0 spiro atoms. The van der Waals surface area contributed by atoms with Gasteiger partial charge in [-0.1, -0.05) is 30.3 Å². The smallest absolute Gasteiger partial charge is 0.223 e. The number of hydrogen-bond donors (Lipinski definition) is 0. The van der Waals surface area contributed by atoms with Crippen molar-refractivity contribution in [2.45, 2.75) is 44.1 Å². The minimum atomic E-state index is -0.195. The number of amides is 1. The minimum absolute atomic E-state index is 0.127. The SMILES string of the molecule is CC1(C)C[C@@](CC(=O)N2CCOCC2)(c2ccccc2)CCO1. The molecule has 0 radical (unpaired) electrons. The summed E-state index contributed by atoms with van der Waals surface area (Å²) in [5.41, 5.74) is 0.940. The minimum Gasteiger partial charge on any atom is -0.378 e. The van der Waals surface area contributed by atoms with Crippen molar-refractivity contribution in [3.05, 3.63) is 35.9 Å². The molecule has 2 aliphatic rings. The third-order valence-electron chi connectivity index (χ3n) is 5.08. The normalized spacial score (nSPS) is 27.7. The average Bonchev–Trinajstić information content (AvgIpc) is 2.55. The third-order valence-corrected chi connectivity index (χ3v) is 5.08. The van der Waals surface area contributed by atoms with Gasteiger partial charge in [-0.3, -0.25) is 4.79 Å². The summed E-state index contributed by atoms with van der Waals surface area (Å²) in [5.74, 6) is 0.245. The zero-order chi connectivity index (χ0) is 16.3. The molecule has 1 aromatic rings. The molecule has 1 amide bonds. The molecule has 1 aromatic carbocycles. The van der Waals surface area contributed by atoms with E-state index < -0.39 is 0 Å². The monoisotopic (exact) mass is 317 g/mol. The summed E-state index contributed by atoms with van der Waals surface area (Å²) >= 11 is 0. The van der Waals surface area contributed by atoms with Gasteiger partial charge in [0, 0.05) is 31.5 Å². The van der Waals surface area contributed by atoms with E-state index in [2.05, 4.69) is 38.1 Å². The molecule has 0 aromatic heterocycles. The number of ether oxygens (including phenoxy) is 2. The van der Waals surface area contributed by atoms with E-state index in [1.807, 2.05) is 11.0 Å². The summed E-state index contributed by atoms with van der Waals surface area (Å²) < 4.78 is 11.3. The Morgan fingerprint density at radius 1 is 1.13 bits per heavy atom. The van der Waals surface area contributed by atoms with Gasteiger partial charge in [-0.15, -0.1) is 0 Å². The van der Waals surface area contributed by atoms with Gasteiger partial charge in [-0.25, -0.2) is 0 Å². The van der Waals surface area contributed by atoms with E-state index >= 15 is 0 Å². The maximum atomic E-state index is 12.9. The van der Waals surface area contributed by atoms with Crippen LogP contribution in [0.5, 0.6) is 0 Å². The lowest BCUT2D eigenvalue weighted by Gasteiger charge is -2.46. The van der Waals surface area contributed by atoms with Crippen molar-refractivity contribution in [3.8, 4) is 0 Å². The van der Waals surface area contributed by atoms with Gasteiger partial charge in [0.15, 0.2) is 0 Å². The number of carbonyl (C=O) groups is 1. The van der Waals surface area contributed by atoms with Crippen LogP contribution in [-0.4, -0.2) is 49.3 Å². The Labute approximate surface area is 138 Å². The third kappa shape index (κ3) is 3.75. The van der Waals surface area contributed by atoms with Crippen molar-refractivity contribution < 1.29 is 14.3 Å². The van der Waals surface area contributed by atoms with Gasteiger partial charge in [0.1, 0.15) is 0 Å². The predicted octanol–water partition coefficient (Wildman–Crippen LogP) is 2.76. The largest absolute Gasteiger partial charge is 0.378 e. The Hall–Kier alpha value is -1.39. The molecule has 0 unspecified atom stereocenters. The van der Waals surface area contributed by atoms with Gasteiger partial charge < -0.3 is 14.4 Å². The number of carbonyl (C=O) groups excluding carboxylic acids is 1. The Balaban J connectivity index is 1.85. The van der Waals surface area contributed by atoms with Crippen molar-refractivity contribution >= 4 is 5.91 Å². The molecule has 0 bridgehead atoms. The van der Waals surface area contributed by atoms with Gasteiger partial charge in [0.05, 0.1) is 18.8 Å². The molecule has 0 aliphatic carbocycles. The lowest BCUT2D eigenvalue weighted by Crippen LogP contribution is -2.48. The second kappa shape index (κ2) is 6.62. The van der Waals surface area contributed by atoms with Gasteiger partial charge in [0.25, 0.3) is 0 Å². The van der Waals surface area contributed by atoms with Crippen LogP contribution in [-0.2, 0) is 19.7 Å². The standard InChI is InChI=1S/C19H27NO3/c1-18(2)15-19(8-11-23-18,16-6-4-3-5-7-16)14-17(21)20-9-12-22-13-10-20/h3-7H,8-15H2,1-2H3/t19-/m1/s1. The Morgan fingerprint density at radius 2 is 1.83 bits per heavy atom. The highest BCUT2D eigenvalue weighted by Crippen LogP contribution is 2.44. The quantitative estimate of drug-likeness (QED) is 0.860. The van der Waals surface area contributed by atoms with Crippen LogP contribution in [0.25, 0.3) is 0 Å². The first-order valence-electron chi connectivity index (χ1n) is 8.56. The molecule has 23 heavy (non-hydrogen) atoms. The highest BCUT2D eigenvalue weighted by molar-refractivity contribution is 5.78. The number of nitrogens with zero attached hydrogens (tertiary/aromatic N) is 1. The number of hydrogen-bond acceptors (Lipinski definition) is 3. The summed E-state index contributed by atoms with van der Waals surface area (Å²) in [4.78, 5) is 14.8. The van der Waals surface area contributed by atoms with Crippen LogP contribution in [0.15, 0.2) is 30.3 Å². The molecule has 0 N–H and O–H groups in total. The summed E-state index contributed by atoms with van der Waals surface area (Å²) in [5, 5.41) is 0. The summed E-state index contributed by atoms with van der Waals surface area (Å²) in [6.45, 7) is 7.69. The average molecular weight is 317 g/mol. The molecule has 1 atom stereocenters. The summed E-state index contributed by atoms with van der Waals surface area (Å²) in [6, 6.07) is 10.5. The number of morpholine rings is 1. The lowest BCUT2D eigenvalue weighted by atomic mass is 9.67. The van der Waals surface area contributed by atoms with E-state index in [9.17, 15) is 4.79 Å². The van der Waals surface area contributed by atoms with E-state index in [0.29, 0.717) is 39.3 Å². The molecule has 0 saturated carbocycles. The van der Waals surface area contributed by atoms with Crippen molar-refractivity contribution in [1.29, 1.82) is 0 Å². The van der Waals surface area contributed by atoms with Gasteiger partial charge in [-0.05, 0) is 32.3 Å². The first-order valence-corrected chi connectivity index (χ1v) is 8.56. The topological polar surface area (TPSA) is 38.8 Å². The second-order valence-corrected chi connectivity index (χ2v) is 7.35. The van der Waals surface area contributed by atoms with Crippen LogP contribution in [0.3, 0.4) is 0 Å². The van der Waals surface area contributed by atoms with Crippen LogP contribution in [0.4, 0.5) is 0 Å². The highest BCUT2D eigenvalue weighted by atomic mass is 16.5. The molecular formula is C19H27NO3. The van der Waals surface area contributed by atoms with Crippen molar-refractivity contribution in [3.63, 3.8) is 0 Å². The van der Waals surface area contributed by atoms with Crippen LogP contribution in [0.1, 0.15) is 38.7 Å². The van der Waals surface area contributed by atoms with E-state index in [1.54, 1.807) is 0 Å². The Bertz CT molecular complexity index is 537. The van der Waals surface area contributed by atoms with E-state index in [4.69, 9.17) is 9.47 Å². The molecule has 3 rings (SSSR count). The van der Waals surface area contributed by atoms with E-state index in [0.717, 1.165) is 12.8 Å². The van der Waals surface area contributed by atoms with Crippen LogP contribution >= 0.6 is 0 Å². The zero-order valence-corrected chi connectivity index (χ0v) is 14.2. The van der Waals surface area contributed by atoms with E-state index in [-0.39, 0.29) is 16.9 Å². The van der Waals surface area contributed by atoms with Crippen LogP contribution < -0.4 is 0 Å². The highest BCUT2D eigenvalue weighted by Gasteiger charge is 2.44. The molecule has 2 fully saturated rings. The molecule has 2 aliphatic heterocycles. The van der Waals surface area contributed by atoms with Crippen molar-refractivity contribution in [2.24, 2.45) is 0 Å². The van der Waals surface area contributed by atoms with Crippen LogP contribution in [0, 0.1) is 0 Å². The van der Waals surface area contributed by atoms with Crippen molar-refractivity contribution in [2.75, 3.05) is 32.9 Å². The van der Waals surface area contributed by atoms with Crippen LogP contribution in [0.2, 0.25) is 0 Å². The molecule has 2 saturated heterocycles. The maximum Gasteiger partial charge on any atom is 0.223 e. The molecule has 2 heterocycles. The fourth-order valence-electron chi connectivity index (χ4n) is 3.98. The second-order valence-electron chi connectivity index (χ2n) is 7.35. The lowest BCUT2D eigenvalue weighted by molar-refractivity contribution is -0.140. The first-order chi connectivity index (χ1) is 11.0. The van der Waals surface area contributed by atoms with Crippen molar-refractivity contribution in [1.82, 2.24) is 4.90 Å². The summed E-state index contributed by atoms with van der Waals surface area (Å²) in [7, 11) is 0. The molecule has 4 heteroatoms. The summed E-state index contributed by atoms with van der Waals surface area (Å²) in [6.07, 6.45) is 2.33. The number of benzene rings is 1. The first kappa shape index (κ1) is 16.5. The fraction of sp³-hybridized carbons (Fsp3) is 0.632. The maximum absolute atomic E-state index is 12.9. The fourth-order valence-corrected chi connectivity index (χ4v) is 3.98. The van der Waals surface area contributed by atoms with E-state index in [1.165, 1.54) is 5.56 Å². The molecule has 126 valence electrons. The molecule has 4 nitrogen and oxygen atoms in total. The zero-order valence-electron chi connectivity index (χ0n) is 14.2. The van der Waals surface area contributed by atoms with Gasteiger partial charge in [-0.2, -0.15) is 0 Å². The van der Waals surface area contributed by atoms with Gasteiger partial charge >= 0.3 is 0 Å². The Kier molecular flexibility index (Phi) is 4.74. The Morgan fingerprint density at radius 3 is 2.48 bits per heavy atom.